The predicted octanol–water partition coefficient (Wildman–Crippen LogP) is 4.40. The monoisotopic (exact) mass is 1300 g/mol. The van der Waals surface area contributed by atoms with Gasteiger partial charge in [-0.3, -0.25) is 32.9 Å². The lowest BCUT2D eigenvalue weighted by Crippen LogP contribution is -2.36. The van der Waals surface area contributed by atoms with Gasteiger partial charge in [0, 0.05) is 140 Å². The highest BCUT2D eigenvalue weighted by atomic mass is 32.2. The summed E-state index contributed by atoms with van der Waals surface area (Å²) < 4.78 is 51.3. The summed E-state index contributed by atoms with van der Waals surface area (Å²) in [7, 11) is -0.916. The smallest absolute Gasteiger partial charge is 0.329 e. The minimum Gasteiger partial charge on any atom is -0.356 e. The molecule has 9 N–H and O–H groups in total. The number of unbranched alkanes of at least 4 members (excludes halogenated alkanes) is 2. The third kappa shape index (κ3) is 15.0. The normalized spacial score (nSPS) is 19.6. The number of benzene rings is 3. The van der Waals surface area contributed by atoms with E-state index in [1.165, 1.54) is 26.2 Å². The Labute approximate surface area is 533 Å². The van der Waals surface area contributed by atoms with Gasteiger partial charge in [-0.15, -0.1) is 10.2 Å². The minimum absolute atomic E-state index is 0.00230. The first-order valence-corrected chi connectivity index (χ1v) is 34.4. The van der Waals surface area contributed by atoms with Gasteiger partial charge in [-0.2, -0.15) is 23.5 Å². The van der Waals surface area contributed by atoms with Crippen LogP contribution >= 0.6 is 23.5 Å². The van der Waals surface area contributed by atoms with Crippen molar-refractivity contribution < 1.29 is 36.8 Å². The van der Waals surface area contributed by atoms with Crippen LogP contribution in [0, 0.1) is 6.92 Å². The Morgan fingerprint density at radius 2 is 1.31 bits per heavy atom. The first-order valence-electron chi connectivity index (χ1n) is 30.8. The van der Waals surface area contributed by atoms with Crippen LogP contribution in [0.5, 0.6) is 0 Å². The molecule has 91 heavy (non-hydrogen) atoms. The first-order chi connectivity index (χ1) is 43.9. The molecular formula is C61H77FN18O8S3. The molecule has 4 fully saturated rings. The molecule has 0 bridgehead atoms. The van der Waals surface area contributed by atoms with E-state index in [-0.39, 0.29) is 103 Å². The van der Waals surface area contributed by atoms with E-state index in [4.69, 9.17) is 5.73 Å². The van der Waals surface area contributed by atoms with Gasteiger partial charge in [0.25, 0.3) is 5.91 Å². The fourth-order valence-electron chi connectivity index (χ4n) is 12.5. The summed E-state index contributed by atoms with van der Waals surface area (Å²) in [6.07, 6.45) is 11.7. The van der Waals surface area contributed by atoms with Crippen LogP contribution in [0.2, 0.25) is 0 Å². The number of allylic oxidation sites excluding steroid dienone is 1. The average Bonchev–Trinajstić information content (AvgIpc) is 1.65. The van der Waals surface area contributed by atoms with Gasteiger partial charge in [0.15, 0.2) is 0 Å². The second-order valence-corrected chi connectivity index (χ2v) is 28.3. The molecule has 4 aliphatic rings. The van der Waals surface area contributed by atoms with E-state index in [0.717, 1.165) is 54.3 Å². The lowest BCUT2D eigenvalue weighted by atomic mass is 10.0. The molecule has 8 heterocycles. The zero-order valence-corrected chi connectivity index (χ0v) is 53.5. The van der Waals surface area contributed by atoms with Gasteiger partial charge < -0.3 is 47.5 Å². The highest BCUT2D eigenvalue weighted by Crippen LogP contribution is 2.38. The molecule has 7 amide bonds. The predicted molar refractivity (Wildman–Crippen MR) is 347 cm³/mol. The van der Waals surface area contributed by atoms with Crippen molar-refractivity contribution in [2.45, 2.75) is 143 Å². The third-order valence-electron chi connectivity index (χ3n) is 17.3. The molecule has 7 aromatic rings. The fourth-order valence-corrected chi connectivity index (χ4v) is 16.5. The number of nitrogens with one attached hydrogen (secondary N) is 7. The van der Waals surface area contributed by atoms with Crippen molar-refractivity contribution >= 4 is 91.0 Å². The molecule has 484 valence electrons. The summed E-state index contributed by atoms with van der Waals surface area (Å²) in [5.41, 5.74) is 10.9. The Balaban J connectivity index is 0.759. The van der Waals surface area contributed by atoms with Crippen molar-refractivity contribution in [3.05, 3.63) is 118 Å². The lowest BCUT2D eigenvalue weighted by molar-refractivity contribution is -0.122. The molecule has 4 saturated heterocycles. The maximum absolute atomic E-state index is 15.2. The van der Waals surface area contributed by atoms with Crippen molar-refractivity contribution in [3.63, 3.8) is 0 Å². The van der Waals surface area contributed by atoms with Crippen LogP contribution in [0.4, 0.5) is 19.7 Å². The Kier molecular flexibility index (Phi) is 20.3. The topological polar surface area (TPSA) is 326 Å². The molecule has 0 saturated carbocycles. The molecule has 26 nitrogen and oxygen atoms in total. The van der Waals surface area contributed by atoms with E-state index < -0.39 is 21.8 Å². The van der Waals surface area contributed by atoms with Gasteiger partial charge in [-0.05, 0) is 92.8 Å². The molecular weight excluding hydrogens is 1230 g/mol. The molecule has 3 aromatic carbocycles. The van der Waals surface area contributed by atoms with Gasteiger partial charge in [-0.25, -0.2) is 31.5 Å². The fraction of sp³-hybridized carbons (Fsp3) is 0.475. The van der Waals surface area contributed by atoms with Gasteiger partial charge in [0.2, 0.25) is 21.8 Å². The van der Waals surface area contributed by atoms with Gasteiger partial charge in [0.1, 0.15) is 5.83 Å². The number of anilines is 1. The number of carbonyl (C=O) groups is 5. The van der Waals surface area contributed by atoms with E-state index in [1.54, 1.807) is 90.1 Å². The Morgan fingerprint density at radius 3 is 1.89 bits per heavy atom. The van der Waals surface area contributed by atoms with Gasteiger partial charge >= 0.3 is 17.8 Å². The minimum atomic E-state index is -3.82. The molecule has 1 unspecified atom stereocenters. The quantitative estimate of drug-likeness (QED) is 0.0229. The average molecular weight is 1310 g/mol. The van der Waals surface area contributed by atoms with Crippen LogP contribution in [-0.4, -0.2) is 166 Å². The molecule has 0 spiro atoms. The highest BCUT2D eigenvalue weighted by Gasteiger charge is 2.43. The largest absolute Gasteiger partial charge is 0.356 e. The third-order valence-corrected chi connectivity index (χ3v) is 22.1. The number of urea groups is 2. The molecule has 30 heteroatoms. The van der Waals surface area contributed by atoms with Crippen LogP contribution in [-0.2, 0) is 65.2 Å². The molecule has 4 aliphatic heterocycles. The SMILES string of the molecule is Cc1c(-c2cccc(S(=O)(=O)N(C)C)c2)c2cc(C(=O)Nc3ccc4c(c3)n(CCn3cc(CCNC(=O)CCCC[C@@H]5SCC6NC(=O)N[C@@H]65)nn3)c(=O)n4CCn3cc(CCNC(=O)CCCC[C@@H]4SC[C@@H]5NC(=O)N[C@@H]54)nn3)ccc2n1C/C(F)=C/CN. The number of imidazole rings is 1. The second kappa shape index (κ2) is 28.6. The lowest BCUT2D eigenvalue weighted by Gasteiger charge is -2.16. The standard InChI is InChI=1S/C61H77FN18O8S3/c1-37-55(38-9-8-10-44(29-38)91(87,88)75(2)3)45-30-39(15-17-48(45)80(37)32-40(62)19-22-63)58(83)66-41-16-18-49-50(31-41)79(28-26-77-34-43(72-74-77)21-24-65-54(82)14-7-5-12-52-57-47(36-90-52)68-60(85)70-57)61(86)78(49)27-25-76-33-42(71-73-76)20-23-64-53(81)13-6-4-11-51-56-46(35-89-51)67-59(84)69-56/h8-10,15-19,29-31,33-34,46-47,51-52,56-57H,4-7,11-14,20-28,32,35-36,63H2,1-3H3,(H,64,81)(H,65,82)(H,66,83)(H2,67,69,84)(H2,68,70,85)/b40-19-/t46-,47?,51-,52-,56-,57-/m0/s1. The molecule has 4 aromatic heterocycles. The Morgan fingerprint density at radius 1 is 0.725 bits per heavy atom. The van der Waals surface area contributed by atoms with Crippen molar-refractivity contribution in [2.75, 3.05) is 50.6 Å². The van der Waals surface area contributed by atoms with E-state index in [2.05, 4.69) is 57.8 Å². The summed E-state index contributed by atoms with van der Waals surface area (Å²) in [5, 5.41) is 39.6. The molecule has 11 rings (SSSR count). The summed E-state index contributed by atoms with van der Waals surface area (Å²) in [6, 6.07) is 17.2. The first kappa shape index (κ1) is 64.5. The number of thioether (sulfide) groups is 2. The van der Waals surface area contributed by atoms with Crippen LogP contribution in [0.3, 0.4) is 0 Å². The van der Waals surface area contributed by atoms with E-state index in [0.29, 0.717) is 105 Å². The number of aryl methyl sites for hydroxylation is 4. The van der Waals surface area contributed by atoms with Crippen molar-refractivity contribution in [1.29, 1.82) is 0 Å². The maximum atomic E-state index is 15.2. The van der Waals surface area contributed by atoms with Crippen LogP contribution in [0.25, 0.3) is 33.1 Å². The van der Waals surface area contributed by atoms with Crippen molar-refractivity contribution in [3.8, 4) is 11.1 Å². The van der Waals surface area contributed by atoms with Crippen molar-refractivity contribution in [2.24, 2.45) is 5.73 Å². The van der Waals surface area contributed by atoms with Crippen LogP contribution in [0.15, 0.2) is 94.7 Å². The Hall–Kier alpha value is -8.06. The van der Waals surface area contributed by atoms with Crippen molar-refractivity contribution in [1.82, 2.24) is 79.9 Å². The number of nitrogens with zero attached hydrogens (tertiary/aromatic N) is 10. The number of halogens is 1. The Bertz CT molecular complexity index is 4060. The number of aromatic nitrogens is 9. The summed E-state index contributed by atoms with van der Waals surface area (Å²) in [5.74, 6) is 0.781. The number of carbonyl (C=O) groups excluding carboxylic acids is 5. The number of hydrogen-bond acceptors (Lipinski definition) is 15. The number of amides is 7. The number of fused-ring (bicyclic) bond motifs is 4. The zero-order chi connectivity index (χ0) is 63.9. The second-order valence-electron chi connectivity index (χ2n) is 23.6. The zero-order valence-electron chi connectivity index (χ0n) is 51.0. The van der Waals surface area contributed by atoms with E-state index in [9.17, 15) is 37.2 Å². The number of sulfonamides is 1. The van der Waals surface area contributed by atoms with Gasteiger partial charge in [-0.1, -0.05) is 35.4 Å². The number of hydrogen-bond donors (Lipinski definition) is 8. The summed E-state index contributed by atoms with van der Waals surface area (Å²) >= 11 is 3.72. The van der Waals surface area contributed by atoms with E-state index in [1.807, 2.05) is 30.4 Å². The molecule has 0 aliphatic carbocycles. The number of nitrogens with two attached hydrogens (primary N) is 1. The maximum Gasteiger partial charge on any atom is 0.329 e. The molecule has 6 atom stereocenters. The number of rotatable bonds is 30. The summed E-state index contributed by atoms with van der Waals surface area (Å²) in [4.78, 5) is 78.1. The summed E-state index contributed by atoms with van der Waals surface area (Å²) in [6.45, 7) is 3.37. The van der Waals surface area contributed by atoms with E-state index >= 15 is 4.39 Å². The highest BCUT2D eigenvalue weighted by molar-refractivity contribution is 8.00. The van der Waals surface area contributed by atoms with Crippen LogP contribution < -0.4 is 48.6 Å². The van der Waals surface area contributed by atoms with Gasteiger partial charge in [0.05, 0.1) is 71.1 Å². The molecule has 0 radical (unpaired) electrons. The van der Waals surface area contributed by atoms with Crippen LogP contribution in [0.1, 0.15) is 78.8 Å².